The molecule has 0 aromatic heterocycles. The average molecular weight is 364 g/mol. The Balaban J connectivity index is 1.61. The minimum Gasteiger partial charge on any atom is -0.484 e. The van der Waals surface area contributed by atoms with E-state index in [4.69, 9.17) is 4.74 Å². The molecular formula is C16H16N2O6S. The van der Waals surface area contributed by atoms with Gasteiger partial charge in [-0.1, -0.05) is 18.2 Å². The van der Waals surface area contributed by atoms with Gasteiger partial charge >= 0.3 is 5.97 Å². The van der Waals surface area contributed by atoms with E-state index in [1.54, 1.807) is 24.3 Å². The summed E-state index contributed by atoms with van der Waals surface area (Å²) in [5.74, 6) is -1.40. The number of hydrogen-bond donors (Lipinski definition) is 3. The highest BCUT2D eigenvalue weighted by molar-refractivity contribution is 8.00. The van der Waals surface area contributed by atoms with Crippen LogP contribution in [0.1, 0.15) is 0 Å². The lowest BCUT2D eigenvalue weighted by molar-refractivity contribution is -0.151. The highest BCUT2D eigenvalue weighted by Crippen LogP contribution is 2.40. The molecule has 2 aliphatic heterocycles. The lowest BCUT2D eigenvalue weighted by Gasteiger charge is -2.49. The summed E-state index contributed by atoms with van der Waals surface area (Å²) in [6, 6.07) is 7.99. The Morgan fingerprint density at radius 2 is 2.04 bits per heavy atom. The second-order valence-corrected chi connectivity index (χ2v) is 6.58. The monoisotopic (exact) mass is 364 g/mol. The van der Waals surface area contributed by atoms with Crippen molar-refractivity contribution in [3.8, 4) is 5.75 Å². The zero-order valence-electron chi connectivity index (χ0n) is 13.0. The molecule has 0 radical (unpaired) electrons. The molecule has 3 N–H and O–H groups in total. The van der Waals surface area contributed by atoms with E-state index < -0.39 is 35.8 Å². The van der Waals surface area contributed by atoms with Gasteiger partial charge in [-0.15, -0.1) is 11.8 Å². The number of nitrogens with zero attached hydrogens (tertiary/aromatic N) is 1. The van der Waals surface area contributed by atoms with Gasteiger partial charge in [0.2, 0.25) is 0 Å². The molecule has 1 fully saturated rings. The van der Waals surface area contributed by atoms with Gasteiger partial charge in [0.15, 0.2) is 6.61 Å². The van der Waals surface area contributed by atoms with E-state index in [2.05, 4.69) is 5.32 Å². The first-order valence-corrected chi connectivity index (χ1v) is 8.56. The Morgan fingerprint density at radius 1 is 1.32 bits per heavy atom. The number of rotatable bonds is 6. The van der Waals surface area contributed by atoms with E-state index >= 15 is 0 Å². The van der Waals surface area contributed by atoms with Gasteiger partial charge < -0.3 is 20.3 Å². The van der Waals surface area contributed by atoms with Crippen LogP contribution in [0, 0.1) is 0 Å². The molecule has 2 heterocycles. The summed E-state index contributed by atoms with van der Waals surface area (Å²) in [6.45, 7) is -0.665. The van der Waals surface area contributed by atoms with Gasteiger partial charge in [0.25, 0.3) is 11.8 Å². The summed E-state index contributed by atoms with van der Waals surface area (Å²) in [5, 5.41) is 20.6. The number of para-hydroxylation sites is 1. The summed E-state index contributed by atoms with van der Waals surface area (Å²) in [6.07, 6.45) is 0. The molecule has 25 heavy (non-hydrogen) atoms. The number of carbonyl (C=O) groups excluding carboxylic acids is 2. The standard InChI is InChI=1S/C16H16N2O6S/c19-6-9-8-25-15-12(14(21)18(15)13(9)16(22)23)17-11(20)7-24-10-4-2-1-3-5-10/h1-5,12,15,19H,6-8H2,(H,17,20)(H,22,23)/t12-,15-/m0/s1. The lowest BCUT2D eigenvalue weighted by atomic mass is 10.0. The fourth-order valence-corrected chi connectivity index (χ4v) is 4.02. The maximum Gasteiger partial charge on any atom is 0.352 e. The molecule has 0 aliphatic carbocycles. The Bertz CT molecular complexity index is 735. The first kappa shape index (κ1) is 17.3. The highest BCUT2D eigenvalue weighted by Gasteiger charge is 2.54. The van der Waals surface area contributed by atoms with E-state index in [1.165, 1.54) is 11.8 Å². The molecule has 0 bridgehead atoms. The number of fused-ring (bicyclic) bond motifs is 1. The molecule has 2 aliphatic rings. The van der Waals surface area contributed by atoms with Crippen LogP contribution < -0.4 is 10.1 Å². The number of nitrogens with one attached hydrogen (secondary N) is 1. The van der Waals surface area contributed by atoms with E-state index in [0.717, 1.165) is 4.90 Å². The number of aliphatic hydroxyl groups excluding tert-OH is 1. The quantitative estimate of drug-likeness (QED) is 0.599. The number of carboxylic acid groups (broad SMARTS) is 1. The van der Waals surface area contributed by atoms with Crippen molar-refractivity contribution >= 4 is 29.5 Å². The van der Waals surface area contributed by atoms with E-state index in [9.17, 15) is 24.6 Å². The van der Waals surface area contributed by atoms with Crippen LogP contribution in [0.15, 0.2) is 41.6 Å². The van der Waals surface area contributed by atoms with Crippen molar-refractivity contribution in [3.63, 3.8) is 0 Å². The zero-order chi connectivity index (χ0) is 18.0. The normalized spacial score (nSPS) is 22.1. The van der Waals surface area contributed by atoms with E-state index in [-0.39, 0.29) is 12.3 Å². The minimum absolute atomic E-state index is 0.192. The number of carbonyl (C=O) groups is 3. The second kappa shape index (κ2) is 7.16. The molecule has 1 aromatic rings. The van der Waals surface area contributed by atoms with Crippen LogP contribution in [-0.4, -0.2) is 63.3 Å². The molecule has 2 atom stereocenters. The number of aliphatic hydroxyl groups is 1. The van der Waals surface area contributed by atoms with E-state index in [0.29, 0.717) is 17.1 Å². The maximum atomic E-state index is 12.3. The van der Waals surface area contributed by atoms with Crippen LogP contribution in [0.2, 0.25) is 0 Å². The van der Waals surface area contributed by atoms with Crippen molar-refractivity contribution in [2.45, 2.75) is 11.4 Å². The third-order valence-electron chi connectivity index (χ3n) is 3.87. The number of thioether (sulfide) groups is 1. The maximum absolute atomic E-state index is 12.3. The molecule has 132 valence electrons. The predicted molar refractivity (Wildman–Crippen MR) is 88.7 cm³/mol. The number of hydrogen-bond acceptors (Lipinski definition) is 6. The third kappa shape index (κ3) is 3.33. The molecule has 0 unspecified atom stereocenters. The zero-order valence-corrected chi connectivity index (χ0v) is 13.9. The molecule has 9 heteroatoms. The smallest absolute Gasteiger partial charge is 0.352 e. The van der Waals surface area contributed by atoms with Crippen LogP contribution in [-0.2, 0) is 14.4 Å². The first-order valence-electron chi connectivity index (χ1n) is 7.51. The molecular weight excluding hydrogens is 348 g/mol. The van der Waals surface area contributed by atoms with Crippen molar-refractivity contribution in [1.82, 2.24) is 10.2 Å². The third-order valence-corrected chi connectivity index (χ3v) is 5.21. The van der Waals surface area contributed by atoms with Crippen molar-refractivity contribution in [1.29, 1.82) is 0 Å². The van der Waals surface area contributed by atoms with Crippen LogP contribution in [0.5, 0.6) is 5.75 Å². The van der Waals surface area contributed by atoms with Gasteiger partial charge in [-0.2, -0.15) is 0 Å². The van der Waals surface area contributed by atoms with Gasteiger partial charge in [-0.3, -0.25) is 14.5 Å². The second-order valence-electron chi connectivity index (χ2n) is 5.47. The number of carboxylic acids is 1. The number of amides is 2. The summed E-state index contributed by atoms with van der Waals surface area (Å²) in [7, 11) is 0. The Kier molecular flexibility index (Phi) is 4.95. The minimum atomic E-state index is -1.26. The molecule has 1 saturated heterocycles. The van der Waals surface area contributed by atoms with Gasteiger partial charge in [0.1, 0.15) is 22.9 Å². The number of β-lactam (4-membered cyclic amide) rings is 1. The summed E-state index contributed by atoms with van der Waals surface area (Å²) in [4.78, 5) is 36.7. The van der Waals surface area contributed by atoms with Crippen LogP contribution >= 0.6 is 11.8 Å². The SMILES string of the molecule is O=C(COc1ccccc1)N[C@H]1C(=O)N2C(C(=O)O)=C(CO)CS[C@@H]12. The van der Waals surface area contributed by atoms with Crippen molar-refractivity contribution in [3.05, 3.63) is 41.6 Å². The molecule has 3 rings (SSSR count). The number of ether oxygens (including phenoxy) is 1. The Morgan fingerprint density at radius 3 is 2.68 bits per heavy atom. The van der Waals surface area contributed by atoms with Gasteiger partial charge in [0, 0.05) is 5.75 Å². The molecule has 2 amide bonds. The van der Waals surface area contributed by atoms with Crippen molar-refractivity contribution < 1.29 is 29.3 Å². The number of aliphatic carboxylic acids is 1. The summed E-state index contributed by atoms with van der Waals surface area (Å²) in [5.41, 5.74) is 0.0987. The molecule has 1 aromatic carbocycles. The van der Waals surface area contributed by atoms with Gasteiger partial charge in [0.05, 0.1) is 6.61 Å². The summed E-state index contributed by atoms with van der Waals surface area (Å²) < 4.78 is 5.32. The van der Waals surface area contributed by atoms with Crippen LogP contribution in [0.3, 0.4) is 0 Å². The van der Waals surface area contributed by atoms with Crippen LogP contribution in [0.4, 0.5) is 0 Å². The lowest BCUT2D eigenvalue weighted by Crippen LogP contribution is -2.71. The average Bonchev–Trinajstić information content (AvgIpc) is 2.63. The van der Waals surface area contributed by atoms with Crippen molar-refractivity contribution in [2.24, 2.45) is 0 Å². The molecule has 8 nitrogen and oxygen atoms in total. The molecule has 0 saturated carbocycles. The highest BCUT2D eigenvalue weighted by atomic mass is 32.2. The van der Waals surface area contributed by atoms with Gasteiger partial charge in [-0.25, -0.2) is 4.79 Å². The topological polar surface area (TPSA) is 116 Å². The first-order chi connectivity index (χ1) is 12.0. The predicted octanol–water partition coefficient (Wildman–Crippen LogP) is -0.204. The van der Waals surface area contributed by atoms with Gasteiger partial charge in [-0.05, 0) is 17.7 Å². The largest absolute Gasteiger partial charge is 0.484 e. The van der Waals surface area contributed by atoms with Crippen molar-refractivity contribution in [2.75, 3.05) is 19.0 Å². The van der Waals surface area contributed by atoms with E-state index in [1.807, 2.05) is 6.07 Å². The number of benzene rings is 1. The fraction of sp³-hybridized carbons (Fsp3) is 0.312. The summed E-state index contributed by atoms with van der Waals surface area (Å²) >= 11 is 1.30. The van der Waals surface area contributed by atoms with Crippen LogP contribution in [0.25, 0.3) is 0 Å². The fourth-order valence-electron chi connectivity index (χ4n) is 2.69. The Hall–Kier alpha value is -2.52. The molecule has 0 spiro atoms. The Labute approximate surface area is 147 Å².